The molecule has 0 bridgehead atoms. The van der Waals surface area contributed by atoms with Crippen molar-refractivity contribution in [2.45, 2.75) is 46.1 Å². The van der Waals surface area contributed by atoms with Gasteiger partial charge in [-0.1, -0.05) is 80.3 Å². The van der Waals surface area contributed by atoms with Crippen LogP contribution in [0.2, 0.25) is 0 Å². The number of rotatable bonds is 11. The van der Waals surface area contributed by atoms with Crippen LogP contribution in [-0.2, 0) is 6.61 Å². The second-order valence-corrected chi connectivity index (χ2v) is 9.23. The highest BCUT2D eigenvalue weighted by Gasteiger charge is 2.17. The molecule has 4 aromatic rings. The highest BCUT2D eigenvalue weighted by atomic mass is 19.2. The van der Waals surface area contributed by atoms with Gasteiger partial charge in [-0.3, -0.25) is 0 Å². The second kappa shape index (κ2) is 12.6. The standard InChI is InChI=1S/C32H30F4O2/c1-3-4-5-6-19-37-28-18-13-24(29(33)32(28)36)20-38-25-14-11-23(12-15-25)27-17-16-26(30(34)31(27)35)22-9-7-21(2)8-10-22/h7-18H,3-6,19-20H2,1-2H3. The summed E-state index contributed by atoms with van der Waals surface area (Å²) in [5.41, 5.74) is 2.43. The van der Waals surface area contributed by atoms with E-state index >= 15 is 0 Å². The first kappa shape index (κ1) is 27.2. The van der Waals surface area contributed by atoms with Crippen molar-refractivity contribution >= 4 is 0 Å². The van der Waals surface area contributed by atoms with Crippen molar-refractivity contribution in [2.24, 2.45) is 0 Å². The number of ether oxygens (including phenoxy) is 2. The van der Waals surface area contributed by atoms with Gasteiger partial charge >= 0.3 is 0 Å². The molecule has 4 rings (SSSR count). The van der Waals surface area contributed by atoms with Crippen molar-refractivity contribution in [3.63, 3.8) is 0 Å². The first-order valence-electron chi connectivity index (χ1n) is 12.8. The molecule has 0 aliphatic carbocycles. The Bertz CT molecular complexity index is 1370. The average Bonchev–Trinajstić information content (AvgIpc) is 2.93. The van der Waals surface area contributed by atoms with E-state index in [2.05, 4.69) is 6.92 Å². The summed E-state index contributed by atoms with van der Waals surface area (Å²) in [6, 6.07) is 19.4. The maximum absolute atomic E-state index is 14.9. The molecule has 0 aromatic heterocycles. The fourth-order valence-electron chi connectivity index (χ4n) is 4.13. The Morgan fingerprint density at radius 3 is 1.79 bits per heavy atom. The molecule has 0 amide bonds. The van der Waals surface area contributed by atoms with Gasteiger partial charge in [-0.25, -0.2) is 13.2 Å². The van der Waals surface area contributed by atoms with Crippen molar-refractivity contribution in [2.75, 3.05) is 6.61 Å². The molecule has 0 saturated heterocycles. The van der Waals surface area contributed by atoms with E-state index in [1.807, 2.05) is 19.1 Å². The number of aryl methyl sites for hydroxylation is 1. The van der Waals surface area contributed by atoms with E-state index in [4.69, 9.17) is 9.47 Å². The van der Waals surface area contributed by atoms with Gasteiger partial charge in [0, 0.05) is 16.7 Å². The van der Waals surface area contributed by atoms with Crippen LogP contribution >= 0.6 is 0 Å². The molecular weight excluding hydrogens is 492 g/mol. The Hall–Kier alpha value is -3.80. The molecule has 0 aliphatic heterocycles. The smallest absolute Gasteiger partial charge is 0.201 e. The topological polar surface area (TPSA) is 18.5 Å². The zero-order valence-electron chi connectivity index (χ0n) is 21.5. The first-order chi connectivity index (χ1) is 18.4. The number of halogens is 4. The lowest BCUT2D eigenvalue weighted by Crippen LogP contribution is -2.05. The Morgan fingerprint density at radius 1 is 0.579 bits per heavy atom. The van der Waals surface area contributed by atoms with Crippen LogP contribution in [-0.4, -0.2) is 6.61 Å². The Labute approximate surface area is 220 Å². The van der Waals surface area contributed by atoms with Crippen LogP contribution in [0.4, 0.5) is 17.6 Å². The van der Waals surface area contributed by atoms with Crippen LogP contribution in [0.5, 0.6) is 11.5 Å². The Morgan fingerprint density at radius 2 is 1.18 bits per heavy atom. The van der Waals surface area contributed by atoms with Crippen LogP contribution in [0.15, 0.2) is 72.8 Å². The summed E-state index contributed by atoms with van der Waals surface area (Å²) in [6.07, 6.45) is 3.91. The van der Waals surface area contributed by atoms with Gasteiger partial charge in [-0.15, -0.1) is 0 Å². The summed E-state index contributed by atoms with van der Waals surface area (Å²) in [4.78, 5) is 0. The van der Waals surface area contributed by atoms with Crippen molar-refractivity contribution in [1.29, 1.82) is 0 Å². The Balaban J connectivity index is 1.41. The van der Waals surface area contributed by atoms with Crippen LogP contribution in [0.1, 0.15) is 43.7 Å². The van der Waals surface area contributed by atoms with Gasteiger partial charge in [0.2, 0.25) is 5.82 Å². The third-order valence-electron chi connectivity index (χ3n) is 6.39. The van der Waals surface area contributed by atoms with Gasteiger partial charge in [0.15, 0.2) is 23.2 Å². The first-order valence-corrected chi connectivity index (χ1v) is 12.8. The number of unbranched alkanes of at least 4 members (excludes halogenated alkanes) is 3. The minimum Gasteiger partial charge on any atom is -0.490 e. The maximum Gasteiger partial charge on any atom is 0.201 e. The number of hydrogen-bond acceptors (Lipinski definition) is 2. The van der Waals surface area contributed by atoms with E-state index in [0.717, 1.165) is 31.2 Å². The predicted molar refractivity (Wildman–Crippen MR) is 142 cm³/mol. The molecule has 0 atom stereocenters. The lowest BCUT2D eigenvalue weighted by Gasteiger charge is -2.12. The third kappa shape index (κ3) is 6.36. The molecule has 6 heteroatoms. The second-order valence-electron chi connectivity index (χ2n) is 9.23. The lowest BCUT2D eigenvalue weighted by atomic mass is 9.98. The van der Waals surface area contributed by atoms with Crippen LogP contribution in [0.3, 0.4) is 0 Å². The van der Waals surface area contributed by atoms with Crippen molar-refractivity contribution in [3.8, 4) is 33.8 Å². The SMILES string of the molecule is CCCCCCOc1ccc(COc2ccc(-c3ccc(-c4ccc(C)cc4)c(F)c3F)cc2)c(F)c1F. The van der Waals surface area contributed by atoms with Crippen LogP contribution < -0.4 is 9.47 Å². The third-order valence-corrected chi connectivity index (χ3v) is 6.39. The quantitative estimate of drug-likeness (QED) is 0.144. The summed E-state index contributed by atoms with van der Waals surface area (Å²) in [5, 5.41) is 0. The van der Waals surface area contributed by atoms with E-state index in [-0.39, 0.29) is 29.0 Å². The molecular formula is C32H30F4O2. The van der Waals surface area contributed by atoms with Crippen molar-refractivity contribution < 1.29 is 27.0 Å². The van der Waals surface area contributed by atoms with Gasteiger partial charge in [0.1, 0.15) is 12.4 Å². The Kier molecular flexibility index (Phi) is 9.06. The van der Waals surface area contributed by atoms with E-state index in [1.54, 1.807) is 42.5 Å². The van der Waals surface area contributed by atoms with Gasteiger partial charge < -0.3 is 9.47 Å². The number of hydrogen-bond donors (Lipinski definition) is 0. The van der Waals surface area contributed by atoms with Gasteiger partial charge in [-0.2, -0.15) is 4.39 Å². The molecule has 0 radical (unpaired) electrons. The number of benzene rings is 4. The summed E-state index contributed by atoms with van der Waals surface area (Å²) in [6.45, 7) is 4.15. The van der Waals surface area contributed by atoms with Gasteiger partial charge in [-0.05, 0) is 48.7 Å². The van der Waals surface area contributed by atoms with Gasteiger partial charge in [0.05, 0.1) is 6.61 Å². The summed E-state index contributed by atoms with van der Waals surface area (Å²) < 4.78 is 69.7. The van der Waals surface area contributed by atoms with Crippen molar-refractivity contribution in [3.05, 3.63) is 107 Å². The monoisotopic (exact) mass is 522 g/mol. The molecule has 0 spiro atoms. The highest BCUT2D eigenvalue weighted by Crippen LogP contribution is 2.32. The van der Waals surface area contributed by atoms with Crippen molar-refractivity contribution in [1.82, 2.24) is 0 Å². The molecule has 0 saturated carbocycles. The molecule has 198 valence electrons. The molecule has 0 unspecified atom stereocenters. The fourth-order valence-corrected chi connectivity index (χ4v) is 4.13. The molecule has 0 fully saturated rings. The summed E-state index contributed by atoms with van der Waals surface area (Å²) >= 11 is 0. The van der Waals surface area contributed by atoms with E-state index in [0.29, 0.717) is 23.5 Å². The largest absolute Gasteiger partial charge is 0.490 e. The fraction of sp³-hybridized carbons (Fsp3) is 0.250. The minimum atomic E-state index is -1.04. The summed E-state index contributed by atoms with van der Waals surface area (Å²) in [5.74, 6) is -3.65. The zero-order valence-corrected chi connectivity index (χ0v) is 21.5. The van der Waals surface area contributed by atoms with Crippen LogP contribution in [0.25, 0.3) is 22.3 Å². The molecule has 0 aliphatic rings. The predicted octanol–water partition coefficient (Wildman–Crippen LogP) is 9.42. The average molecular weight is 523 g/mol. The van der Waals surface area contributed by atoms with Crippen LogP contribution in [0, 0.1) is 30.2 Å². The maximum atomic E-state index is 14.9. The molecule has 38 heavy (non-hydrogen) atoms. The van der Waals surface area contributed by atoms with E-state index in [9.17, 15) is 17.6 Å². The molecule has 0 heterocycles. The minimum absolute atomic E-state index is 0.0460. The normalized spacial score (nSPS) is 11.0. The molecule has 2 nitrogen and oxygen atoms in total. The van der Waals surface area contributed by atoms with Gasteiger partial charge in [0.25, 0.3) is 0 Å². The highest BCUT2D eigenvalue weighted by molar-refractivity contribution is 5.72. The van der Waals surface area contributed by atoms with E-state index < -0.39 is 23.3 Å². The lowest BCUT2D eigenvalue weighted by molar-refractivity contribution is 0.277. The summed E-state index contributed by atoms with van der Waals surface area (Å²) in [7, 11) is 0. The zero-order chi connectivity index (χ0) is 27.1. The molecule has 0 N–H and O–H groups in total. The molecule has 4 aromatic carbocycles. The van der Waals surface area contributed by atoms with E-state index in [1.165, 1.54) is 18.2 Å².